The van der Waals surface area contributed by atoms with Crippen molar-refractivity contribution in [1.29, 1.82) is 0 Å². The molecule has 1 aromatic rings. The van der Waals surface area contributed by atoms with E-state index in [9.17, 15) is 17.3 Å². The predicted octanol–water partition coefficient (Wildman–Crippen LogP) is -1.22. The van der Waals surface area contributed by atoms with E-state index < -0.39 is 24.6 Å². The number of ether oxygens (including phenoxy) is 1. The van der Waals surface area contributed by atoms with Crippen molar-refractivity contribution in [3.05, 3.63) is 12.0 Å². The van der Waals surface area contributed by atoms with Gasteiger partial charge in [-0.05, 0) is 19.3 Å². The number of nitrogens with zero attached hydrogens (tertiary/aromatic N) is 2. The van der Waals surface area contributed by atoms with E-state index in [0.29, 0.717) is 23.9 Å². The second kappa shape index (κ2) is 6.16. The summed E-state index contributed by atoms with van der Waals surface area (Å²) in [5.41, 5.74) is -1.30. The van der Waals surface area contributed by atoms with Gasteiger partial charge < -0.3 is 17.7 Å². The van der Waals surface area contributed by atoms with Crippen LogP contribution in [-0.2, 0) is 4.74 Å². The predicted molar refractivity (Wildman–Crippen MR) is 49.7 cm³/mol. The fourth-order valence-corrected chi connectivity index (χ4v) is 1.80. The van der Waals surface area contributed by atoms with Gasteiger partial charge >= 0.3 is 58.4 Å². The Kier molecular flexibility index (Phi) is 5.67. The topological polar surface area (TPSA) is 27.1 Å². The van der Waals surface area contributed by atoms with Gasteiger partial charge in [-0.1, -0.05) is 0 Å². The third-order valence-electron chi connectivity index (χ3n) is 2.53. The van der Waals surface area contributed by atoms with E-state index in [1.807, 2.05) is 0 Å². The van der Waals surface area contributed by atoms with Gasteiger partial charge in [0.05, 0.1) is 6.20 Å². The zero-order valence-corrected chi connectivity index (χ0v) is 12.5. The summed E-state index contributed by atoms with van der Waals surface area (Å²) in [7, 11) is 0. The van der Waals surface area contributed by atoms with Gasteiger partial charge in [0.15, 0.2) is 0 Å². The Morgan fingerprint density at radius 2 is 2.06 bits per heavy atom. The van der Waals surface area contributed by atoms with Gasteiger partial charge in [0.1, 0.15) is 12.0 Å². The zero-order chi connectivity index (χ0) is 11.8. The molecule has 1 saturated heterocycles. The summed E-state index contributed by atoms with van der Waals surface area (Å²) in [5.74, 6) is -1.33. The van der Waals surface area contributed by atoms with Crippen molar-refractivity contribution < 1.29 is 73.5 Å². The van der Waals surface area contributed by atoms with E-state index >= 15 is 0 Å². The molecule has 0 saturated carbocycles. The first-order chi connectivity index (χ1) is 7.50. The Balaban J connectivity index is 0.00000144. The van der Waals surface area contributed by atoms with Gasteiger partial charge in [-0.25, -0.2) is 4.39 Å². The summed E-state index contributed by atoms with van der Waals surface area (Å²) in [6.07, 6.45) is 1.79. The maximum absolute atomic E-state index is 13.0. The van der Waals surface area contributed by atoms with Gasteiger partial charge in [-0.2, -0.15) is 5.10 Å². The molecule has 2 heterocycles. The first kappa shape index (κ1) is 15.6. The van der Waals surface area contributed by atoms with Crippen LogP contribution < -0.4 is 57.0 Å². The van der Waals surface area contributed by atoms with E-state index in [4.69, 9.17) is 4.74 Å². The normalized spacial score (nSPS) is 21.1. The molecule has 1 unspecified atom stereocenters. The minimum atomic E-state index is -5.41. The third kappa shape index (κ3) is 3.54. The van der Waals surface area contributed by atoms with Crippen LogP contribution >= 0.6 is 0 Å². The maximum Gasteiger partial charge on any atom is 1.00 e. The Labute approximate surface area is 138 Å². The molecule has 1 aliphatic rings. The van der Waals surface area contributed by atoms with Crippen LogP contribution in [0.3, 0.4) is 0 Å². The van der Waals surface area contributed by atoms with Crippen molar-refractivity contribution in [2.24, 2.45) is 0 Å². The molecule has 0 radical (unpaired) electrons. The van der Waals surface area contributed by atoms with Crippen LogP contribution in [0.25, 0.3) is 0 Å². The average Bonchev–Trinajstić information content (AvgIpc) is 2.61. The summed E-state index contributed by atoms with van der Waals surface area (Å²) in [5, 5.41) is 3.42. The Morgan fingerprint density at radius 3 is 2.59 bits per heavy atom. The largest absolute Gasteiger partial charge is 1.00 e. The van der Waals surface area contributed by atoms with Crippen molar-refractivity contribution in [1.82, 2.24) is 9.78 Å². The molecule has 1 aliphatic heterocycles. The Bertz CT molecular complexity index is 378. The number of rotatable bonds is 2. The van der Waals surface area contributed by atoms with Crippen molar-refractivity contribution in [3.8, 4) is 0 Å². The summed E-state index contributed by atoms with van der Waals surface area (Å²) < 4.78 is 56.6. The van der Waals surface area contributed by atoms with Crippen molar-refractivity contribution in [2.45, 2.75) is 25.5 Å². The van der Waals surface area contributed by atoms with E-state index in [1.54, 1.807) is 0 Å². The molecule has 0 N–H and O–H groups in total. The number of aromatic nitrogens is 2. The van der Waals surface area contributed by atoms with Crippen molar-refractivity contribution >= 4 is 12.6 Å². The first-order valence-corrected chi connectivity index (χ1v) is 5.04. The zero-order valence-electron chi connectivity index (χ0n) is 9.38. The standard InChI is InChI=1S/C8H10BF4N2O.K/c10-6-5-14-15(8(6)9(11,12)13)7-3-1-2-4-16-7;/h5,7H,1-4H2;/q-1;+1. The minimum absolute atomic E-state index is 0. The molecule has 0 bridgehead atoms. The number of hydrogen-bond donors (Lipinski definition) is 0. The Morgan fingerprint density at radius 1 is 1.35 bits per heavy atom. The van der Waals surface area contributed by atoms with Crippen LogP contribution in [0.5, 0.6) is 0 Å². The summed E-state index contributed by atoms with van der Waals surface area (Å²) >= 11 is 0. The second-order valence-electron chi connectivity index (χ2n) is 3.72. The van der Waals surface area contributed by atoms with Crippen LogP contribution in [0.1, 0.15) is 25.5 Å². The van der Waals surface area contributed by atoms with Gasteiger partial charge in [0.2, 0.25) is 0 Å². The van der Waals surface area contributed by atoms with E-state index in [2.05, 4.69) is 5.10 Å². The smallest absolute Gasteiger partial charge is 0.444 e. The molecule has 2 rings (SSSR count). The van der Waals surface area contributed by atoms with Crippen LogP contribution in [0.15, 0.2) is 6.20 Å². The summed E-state index contributed by atoms with van der Waals surface area (Å²) in [4.78, 5) is 0. The molecule has 1 atom stereocenters. The van der Waals surface area contributed by atoms with Gasteiger partial charge in [0, 0.05) is 12.2 Å². The molecule has 0 amide bonds. The minimum Gasteiger partial charge on any atom is -0.444 e. The van der Waals surface area contributed by atoms with Crippen molar-refractivity contribution in [2.75, 3.05) is 6.61 Å². The number of hydrogen-bond acceptors (Lipinski definition) is 2. The van der Waals surface area contributed by atoms with Gasteiger partial charge in [-0.15, -0.1) is 0 Å². The first-order valence-electron chi connectivity index (χ1n) is 5.04. The summed E-state index contributed by atoms with van der Waals surface area (Å²) in [6.45, 7) is -5.02. The molecule has 0 aliphatic carbocycles. The molecule has 90 valence electrons. The monoisotopic (exact) mass is 276 g/mol. The Hall–Kier alpha value is 0.591. The SMILES string of the molecule is Fc1cnn(C2CCCCO2)c1[B-](F)(F)F.[K+]. The van der Waals surface area contributed by atoms with E-state index in [1.165, 1.54) is 0 Å². The molecule has 0 spiro atoms. The molecule has 17 heavy (non-hydrogen) atoms. The van der Waals surface area contributed by atoms with E-state index in [-0.39, 0.29) is 51.4 Å². The summed E-state index contributed by atoms with van der Waals surface area (Å²) in [6, 6.07) is 0. The van der Waals surface area contributed by atoms with Crippen molar-refractivity contribution in [3.63, 3.8) is 0 Å². The van der Waals surface area contributed by atoms with Crippen LogP contribution in [0, 0.1) is 5.82 Å². The van der Waals surface area contributed by atoms with Crippen LogP contribution in [-0.4, -0.2) is 23.4 Å². The average molecular weight is 276 g/mol. The molecule has 0 aromatic carbocycles. The molecular formula is C8H10BF4KN2O. The van der Waals surface area contributed by atoms with E-state index in [0.717, 1.165) is 12.8 Å². The molecular weight excluding hydrogens is 266 g/mol. The second-order valence-corrected chi connectivity index (χ2v) is 3.72. The molecule has 1 fully saturated rings. The maximum atomic E-state index is 13.0. The number of halogens is 4. The molecule has 9 heteroatoms. The van der Waals surface area contributed by atoms with Crippen LogP contribution in [0.2, 0.25) is 0 Å². The fraction of sp³-hybridized carbons (Fsp3) is 0.625. The molecule has 3 nitrogen and oxygen atoms in total. The quantitative estimate of drug-likeness (QED) is 0.500. The van der Waals surface area contributed by atoms with Crippen LogP contribution in [0.4, 0.5) is 17.3 Å². The van der Waals surface area contributed by atoms with Gasteiger partial charge in [0.25, 0.3) is 0 Å². The molecule has 1 aromatic heterocycles. The third-order valence-corrected chi connectivity index (χ3v) is 2.53. The fourth-order valence-electron chi connectivity index (χ4n) is 1.80. The van der Waals surface area contributed by atoms with Gasteiger partial charge in [-0.3, -0.25) is 4.68 Å².